The zero-order valence-corrected chi connectivity index (χ0v) is 11.9. The van der Waals surface area contributed by atoms with Gasteiger partial charge in [0.2, 0.25) is 5.91 Å². The highest BCUT2D eigenvalue weighted by Crippen LogP contribution is 2.10. The Morgan fingerprint density at radius 3 is 2.90 bits per heavy atom. The summed E-state index contributed by atoms with van der Waals surface area (Å²) in [6.45, 7) is 3.14. The molecule has 116 valence electrons. The van der Waals surface area contributed by atoms with E-state index in [1.165, 1.54) is 12.1 Å². The highest BCUT2D eigenvalue weighted by Gasteiger charge is 2.08. The van der Waals surface area contributed by atoms with Crippen molar-refractivity contribution in [2.75, 3.05) is 13.2 Å². The molecule has 0 atom stereocenters. The van der Waals surface area contributed by atoms with Crippen molar-refractivity contribution in [2.24, 2.45) is 10.9 Å². The summed E-state index contributed by atoms with van der Waals surface area (Å²) >= 11 is 0. The second-order valence-electron chi connectivity index (χ2n) is 4.37. The van der Waals surface area contributed by atoms with Crippen molar-refractivity contribution in [3.63, 3.8) is 0 Å². The van der Waals surface area contributed by atoms with Crippen LogP contribution in [0.15, 0.2) is 23.4 Å². The molecule has 0 fully saturated rings. The van der Waals surface area contributed by atoms with E-state index in [9.17, 15) is 9.18 Å². The topological polar surface area (TPSA) is 96.9 Å². The van der Waals surface area contributed by atoms with E-state index >= 15 is 0 Å². The number of halogens is 1. The summed E-state index contributed by atoms with van der Waals surface area (Å²) in [5.41, 5.74) is 5.98. The average Bonchev–Trinajstić information content (AvgIpc) is 2.49. The van der Waals surface area contributed by atoms with Crippen molar-refractivity contribution in [1.82, 2.24) is 5.32 Å². The van der Waals surface area contributed by atoms with Crippen LogP contribution >= 0.6 is 0 Å². The number of carbonyl (C=O) groups excluding carboxylic acids is 1. The number of nitrogens with two attached hydrogens (primary N) is 1. The van der Waals surface area contributed by atoms with Crippen molar-refractivity contribution in [3.8, 4) is 0 Å². The molecule has 0 heterocycles. The second kappa shape index (κ2) is 8.91. The van der Waals surface area contributed by atoms with Crippen molar-refractivity contribution >= 4 is 11.7 Å². The maximum absolute atomic E-state index is 13.8. The van der Waals surface area contributed by atoms with E-state index in [1.54, 1.807) is 0 Å². The van der Waals surface area contributed by atoms with E-state index in [-0.39, 0.29) is 23.9 Å². The standard InChI is InChI=1S/C14H20FN3O3/c1-2-21-7-3-4-13(19)17-9-11-6-5-10(8-12(11)15)14(16)18-20/h5-6,8,20H,2-4,7,9H2,1H3,(H2,16,18)(H,17,19). The van der Waals surface area contributed by atoms with Crippen LogP contribution in [0.3, 0.4) is 0 Å². The third-order valence-electron chi connectivity index (χ3n) is 2.83. The van der Waals surface area contributed by atoms with Gasteiger partial charge in [-0.15, -0.1) is 0 Å². The molecule has 0 saturated heterocycles. The van der Waals surface area contributed by atoms with E-state index in [4.69, 9.17) is 15.7 Å². The molecule has 0 aliphatic heterocycles. The molecular weight excluding hydrogens is 277 g/mol. The summed E-state index contributed by atoms with van der Waals surface area (Å²) in [6.07, 6.45) is 0.967. The van der Waals surface area contributed by atoms with Gasteiger partial charge in [0, 0.05) is 37.3 Å². The number of carbonyl (C=O) groups is 1. The van der Waals surface area contributed by atoms with Crippen LogP contribution in [-0.4, -0.2) is 30.2 Å². The lowest BCUT2D eigenvalue weighted by Gasteiger charge is -2.08. The van der Waals surface area contributed by atoms with Gasteiger partial charge in [0.15, 0.2) is 5.84 Å². The number of nitrogens with zero attached hydrogens (tertiary/aromatic N) is 1. The number of hydrogen-bond donors (Lipinski definition) is 3. The first-order chi connectivity index (χ1) is 10.1. The molecule has 6 nitrogen and oxygen atoms in total. The molecule has 4 N–H and O–H groups in total. The fourth-order valence-corrected chi connectivity index (χ4v) is 1.67. The van der Waals surface area contributed by atoms with Gasteiger partial charge in [0.25, 0.3) is 0 Å². The molecule has 7 heteroatoms. The molecule has 21 heavy (non-hydrogen) atoms. The Kier molecular flexibility index (Phi) is 7.17. The zero-order chi connectivity index (χ0) is 15.7. The van der Waals surface area contributed by atoms with Gasteiger partial charge in [-0.25, -0.2) is 4.39 Å². The fraction of sp³-hybridized carbons (Fsp3) is 0.429. The van der Waals surface area contributed by atoms with Crippen LogP contribution in [0, 0.1) is 5.82 Å². The highest BCUT2D eigenvalue weighted by atomic mass is 19.1. The van der Waals surface area contributed by atoms with Crippen LogP contribution < -0.4 is 11.1 Å². The second-order valence-corrected chi connectivity index (χ2v) is 4.37. The minimum atomic E-state index is -0.520. The van der Waals surface area contributed by atoms with Crippen LogP contribution in [0.25, 0.3) is 0 Å². The van der Waals surface area contributed by atoms with Gasteiger partial charge in [-0.05, 0) is 19.4 Å². The third kappa shape index (κ3) is 5.78. The molecule has 0 saturated carbocycles. The lowest BCUT2D eigenvalue weighted by Crippen LogP contribution is -2.23. The van der Waals surface area contributed by atoms with Gasteiger partial charge in [0.05, 0.1) is 0 Å². The molecule has 0 aliphatic rings. The summed E-state index contributed by atoms with van der Waals surface area (Å²) < 4.78 is 18.9. The van der Waals surface area contributed by atoms with Crippen molar-refractivity contribution in [3.05, 3.63) is 35.1 Å². The molecule has 1 rings (SSSR count). The molecule has 0 unspecified atom stereocenters. The Labute approximate surface area is 122 Å². The highest BCUT2D eigenvalue weighted by molar-refractivity contribution is 5.97. The van der Waals surface area contributed by atoms with Gasteiger partial charge in [-0.2, -0.15) is 0 Å². The van der Waals surface area contributed by atoms with E-state index in [2.05, 4.69) is 10.5 Å². The van der Waals surface area contributed by atoms with Crippen molar-refractivity contribution < 1.29 is 19.1 Å². The van der Waals surface area contributed by atoms with Gasteiger partial charge < -0.3 is 21.0 Å². The van der Waals surface area contributed by atoms with Crippen LogP contribution in [0.1, 0.15) is 30.9 Å². The molecule has 0 spiro atoms. The van der Waals surface area contributed by atoms with Gasteiger partial charge in [0.1, 0.15) is 5.82 Å². The lowest BCUT2D eigenvalue weighted by atomic mass is 10.1. The van der Waals surface area contributed by atoms with Gasteiger partial charge >= 0.3 is 0 Å². The molecule has 1 aromatic carbocycles. The van der Waals surface area contributed by atoms with E-state index in [0.717, 1.165) is 6.07 Å². The third-order valence-corrected chi connectivity index (χ3v) is 2.83. The minimum Gasteiger partial charge on any atom is -0.409 e. The molecule has 0 bridgehead atoms. The van der Waals surface area contributed by atoms with Crippen LogP contribution in [0.2, 0.25) is 0 Å². The van der Waals surface area contributed by atoms with E-state index in [1.807, 2.05) is 6.92 Å². The summed E-state index contributed by atoms with van der Waals surface area (Å²) in [5.74, 6) is -0.844. The number of oxime groups is 1. The molecule has 1 amide bonds. The summed E-state index contributed by atoms with van der Waals surface area (Å²) in [4.78, 5) is 11.6. The quantitative estimate of drug-likeness (QED) is 0.222. The smallest absolute Gasteiger partial charge is 0.220 e. The first-order valence-corrected chi connectivity index (χ1v) is 6.69. The maximum atomic E-state index is 13.8. The van der Waals surface area contributed by atoms with Crippen LogP contribution in [-0.2, 0) is 16.1 Å². The zero-order valence-electron chi connectivity index (χ0n) is 11.9. The molecular formula is C14H20FN3O3. The number of hydrogen-bond acceptors (Lipinski definition) is 4. The lowest BCUT2D eigenvalue weighted by molar-refractivity contribution is -0.121. The monoisotopic (exact) mass is 297 g/mol. The largest absolute Gasteiger partial charge is 0.409 e. The maximum Gasteiger partial charge on any atom is 0.220 e. The molecule has 0 aliphatic carbocycles. The normalized spacial score (nSPS) is 11.4. The summed E-state index contributed by atoms with van der Waals surface area (Å²) in [5, 5.41) is 14.0. The Hall–Kier alpha value is -2.15. The SMILES string of the molecule is CCOCCCC(=O)NCc1ccc(/C(N)=N/O)cc1F. The first-order valence-electron chi connectivity index (χ1n) is 6.69. The number of benzene rings is 1. The Morgan fingerprint density at radius 1 is 1.52 bits per heavy atom. The van der Waals surface area contributed by atoms with Crippen molar-refractivity contribution in [2.45, 2.75) is 26.3 Å². The van der Waals surface area contributed by atoms with Crippen molar-refractivity contribution in [1.29, 1.82) is 0 Å². The van der Waals surface area contributed by atoms with E-state index < -0.39 is 5.82 Å². The Balaban J connectivity index is 2.47. The van der Waals surface area contributed by atoms with Crippen LogP contribution in [0.4, 0.5) is 4.39 Å². The molecule has 1 aromatic rings. The van der Waals surface area contributed by atoms with Crippen LogP contribution in [0.5, 0.6) is 0 Å². The number of amides is 1. The average molecular weight is 297 g/mol. The molecule has 0 aromatic heterocycles. The Morgan fingerprint density at radius 2 is 2.29 bits per heavy atom. The number of rotatable bonds is 8. The molecule has 0 radical (unpaired) electrons. The minimum absolute atomic E-state index is 0.0930. The first kappa shape index (κ1) is 16.9. The van der Waals surface area contributed by atoms with Gasteiger partial charge in [-0.1, -0.05) is 17.3 Å². The van der Waals surface area contributed by atoms with Gasteiger partial charge in [-0.3, -0.25) is 4.79 Å². The Bertz CT molecular complexity index is 506. The number of amidine groups is 1. The summed E-state index contributed by atoms with van der Waals surface area (Å²) in [6, 6.07) is 4.17. The summed E-state index contributed by atoms with van der Waals surface area (Å²) in [7, 11) is 0. The number of nitrogens with one attached hydrogen (secondary N) is 1. The number of ether oxygens (including phenoxy) is 1. The van der Waals surface area contributed by atoms with E-state index in [0.29, 0.717) is 31.6 Å². The predicted molar refractivity (Wildman–Crippen MR) is 76.5 cm³/mol. The fourth-order valence-electron chi connectivity index (χ4n) is 1.67. The predicted octanol–water partition coefficient (Wildman–Crippen LogP) is 1.35.